The number of rotatable bonds is 3. The Balaban J connectivity index is 2.74. The summed E-state index contributed by atoms with van der Waals surface area (Å²) in [4.78, 5) is 10.5. The molecule has 0 radical (unpaired) electrons. The van der Waals surface area contributed by atoms with E-state index in [1.54, 1.807) is 13.8 Å². The zero-order chi connectivity index (χ0) is 10.0. The van der Waals surface area contributed by atoms with Crippen LogP contribution in [-0.2, 0) is 4.79 Å². The third-order valence-electron chi connectivity index (χ3n) is 1.46. The number of aliphatic carboxylic acids is 1. The lowest BCUT2D eigenvalue weighted by Gasteiger charge is -2.04. The summed E-state index contributed by atoms with van der Waals surface area (Å²) in [6.07, 6.45) is 0. The first-order valence-corrected chi connectivity index (χ1v) is 4.47. The summed E-state index contributed by atoms with van der Waals surface area (Å²) in [6, 6.07) is 0. The number of aryl methyl sites for hydroxylation is 1. The number of carboxylic acid groups (broad SMARTS) is 1. The van der Waals surface area contributed by atoms with E-state index in [4.69, 9.17) is 10.9 Å². The van der Waals surface area contributed by atoms with E-state index in [-0.39, 0.29) is 0 Å². The van der Waals surface area contributed by atoms with Gasteiger partial charge in [-0.15, -0.1) is 10.2 Å². The molecule has 1 atom stereocenters. The number of carboxylic acids is 1. The van der Waals surface area contributed by atoms with Crippen LogP contribution in [0, 0.1) is 6.92 Å². The minimum atomic E-state index is -0.898. The number of hydrogen-bond acceptors (Lipinski definition) is 5. The van der Waals surface area contributed by atoms with E-state index >= 15 is 0 Å². The molecular formula is C6H10N4O2S. The summed E-state index contributed by atoms with van der Waals surface area (Å²) >= 11 is 1.06. The molecule has 3 N–H and O–H groups in total. The molecule has 0 aliphatic heterocycles. The van der Waals surface area contributed by atoms with Gasteiger partial charge in [-0.1, -0.05) is 11.8 Å². The summed E-state index contributed by atoms with van der Waals surface area (Å²) in [5, 5.41) is 15.9. The van der Waals surface area contributed by atoms with E-state index in [0.29, 0.717) is 11.0 Å². The number of nitrogen functional groups attached to an aromatic ring is 1. The Morgan fingerprint density at radius 3 is 2.69 bits per heavy atom. The molecule has 72 valence electrons. The van der Waals surface area contributed by atoms with Crippen LogP contribution in [-0.4, -0.2) is 31.2 Å². The van der Waals surface area contributed by atoms with Crippen molar-refractivity contribution in [1.29, 1.82) is 0 Å². The quantitative estimate of drug-likeness (QED) is 0.523. The zero-order valence-corrected chi connectivity index (χ0v) is 8.08. The second kappa shape index (κ2) is 3.65. The minimum Gasteiger partial charge on any atom is -0.480 e. The number of nitrogens with zero attached hydrogens (tertiary/aromatic N) is 3. The maximum Gasteiger partial charge on any atom is 0.316 e. The summed E-state index contributed by atoms with van der Waals surface area (Å²) in [7, 11) is 0. The fourth-order valence-electron chi connectivity index (χ4n) is 0.639. The van der Waals surface area contributed by atoms with Crippen molar-refractivity contribution in [3.05, 3.63) is 5.82 Å². The predicted molar refractivity (Wildman–Crippen MR) is 47.9 cm³/mol. The molecule has 0 amide bonds. The number of hydrogen-bond donors (Lipinski definition) is 2. The SMILES string of the molecule is Cc1nnc(SC(C)C(=O)O)n1N. The van der Waals surface area contributed by atoms with Gasteiger partial charge in [0.05, 0.1) is 0 Å². The highest BCUT2D eigenvalue weighted by atomic mass is 32.2. The van der Waals surface area contributed by atoms with Crippen molar-refractivity contribution in [3.63, 3.8) is 0 Å². The van der Waals surface area contributed by atoms with Crippen molar-refractivity contribution in [2.75, 3.05) is 5.84 Å². The molecule has 7 heteroatoms. The molecule has 1 rings (SSSR count). The Morgan fingerprint density at radius 1 is 1.69 bits per heavy atom. The van der Waals surface area contributed by atoms with Gasteiger partial charge in [0.1, 0.15) is 11.1 Å². The highest BCUT2D eigenvalue weighted by molar-refractivity contribution is 8.00. The van der Waals surface area contributed by atoms with E-state index in [1.807, 2.05) is 0 Å². The van der Waals surface area contributed by atoms with Crippen LogP contribution in [0.15, 0.2) is 5.16 Å². The van der Waals surface area contributed by atoms with Gasteiger partial charge < -0.3 is 10.9 Å². The van der Waals surface area contributed by atoms with E-state index in [1.165, 1.54) is 4.68 Å². The van der Waals surface area contributed by atoms with Crippen molar-refractivity contribution >= 4 is 17.7 Å². The van der Waals surface area contributed by atoms with Crippen LogP contribution in [0.1, 0.15) is 12.7 Å². The van der Waals surface area contributed by atoms with Crippen LogP contribution in [0.4, 0.5) is 0 Å². The third-order valence-corrected chi connectivity index (χ3v) is 2.51. The van der Waals surface area contributed by atoms with Crippen molar-refractivity contribution in [2.24, 2.45) is 0 Å². The fourth-order valence-corrected chi connectivity index (χ4v) is 1.39. The smallest absolute Gasteiger partial charge is 0.316 e. The molecule has 0 aromatic carbocycles. The van der Waals surface area contributed by atoms with Crippen molar-refractivity contribution < 1.29 is 9.90 Å². The van der Waals surface area contributed by atoms with Gasteiger partial charge in [-0.3, -0.25) is 4.79 Å². The van der Waals surface area contributed by atoms with Crippen molar-refractivity contribution in [3.8, 4) is 0 Å². The lowest BCUT2D eigenvalue weighted by molar-refractivity contribution is -0.136. The highest BCUT2D eigenvalue weighted by Gasteiger charge is 2.16. The Morgan fingerprint density at radius 2 is 2.31 bits per heavy atom. The average molecular weight is 202 g/mol. The average Bonchev–Trinajstić information content (AvgIpc) is 2.36. The molecule has 0 spiro atoms. The molecule has 0 fully saturated rings. The molecular weight excluding hydrogens is 192 g/mol. The topological polar surface area (TPSA) is 94.0 Å². The third kappa shape index (κ3) is 2.11. The molecule has 13 heavy (non-hydrogen) atoms. The van der Waals surface area contributed by atoms with Crippen LogP contribution < -0.4 is 5.84 Å². The molecule has 1 aromatic heterocycles. The van der Waals surface area contributed by atoms with Gasteiger partial charge in [0, 0.05) is 0 Å². The molecule has 6 nitrogen and oxygen atoms in total. The lowest BCUT2D eigenvalue weighted by Crippen LogP contribution is -2.16. The summed E-state index contributed by atoms with van der Waals surface area (Å²) in [5.74, 6) is 5.19. The molecule has 0 aliphatic carbocycles. The Kier molecular flexibility index (Phi) is 2.76. The minimum absolute atomic E-state index is 0.410. The first-order valence-electron chi connectivity index (χ1n) is 3.59. The van der Waals surface area contributed by atoms with Gasteiger partial charge in [0.15, 0.2) is 0 Å². The number of thioether (sulfide) groups is 1. The Labute approximate surface area is 79.1 Å². The standard InChI is InChI=1S/C6H10N4O2S/c1-3(5(11)12)13-6-9-8-4(2)10(6)7/h3H,7H2,1-2H3,(H,11,12). The normalized spacial score (nSPS) is 12.8. The molecule has 0 bridgehead atoms. The molecule has 1 unspecified atom stereocenters. The van der Waals surface area contributed by atoms with Crippen molar-refractivity contribution in [2.45, 2.75) is 24.3 Å². The molecule has 0 saturated carbocycles. The van der Waals surface area contributed by atoms with Crippen molar-refractivity contribution in [1.82, 2.24) is 14.9 Å². The fraction of sp³-hybridized carbons (Fsp3) is 0.500. The van der Waals surface area contributed by atoms with Gasteiger partial charge in [-0.2, -0.15) is 0 Å². The van der Waals surface area contributed by atoms with Crippen LogP contribution in [0.2, 0.25) is 0 Å². The van der Waals surface area contributed by atoms with E-state index in [0.717, 1.165) is 11.8 Å². The molecule has 1 heterocycles. The number of nitrogens with two attached hydrogens (primary N) is 1. The van der Waals surface area contributed by atoms with Gasteiger partial charge >= 0.3 is 5.97 Å². The first-order chi connectivity index (χ1) is 6.02. The second-order valence-corrected chi connectivity index (χ2v) is 3.81. The van der Waals surface area contributed by atoms with Gasteiger partial charge in [0.2, 0.25) is 5.16 Å². The maximum atomic E-state index is 10.5. The monoisotopic (exact) mass is 202 g/mol. The summed E-state index contributed by atoms with van der Waals surface area (Å²) in [5.41, 5.74) is 0. The van der Waals surface area contributed by atoms with E-state index in [2.05, 4.69) is 10.2 Å². The van der Waals surface area contributed by atoms with Gasteiger partial charge in [-0.05, 0) is 13.8 Å². The molecule has 1 aromatic rings. The Bertz CT molecular complexity index is 324. The highest BCUT2D eigenvalue weighted by Crippen LogP contribution is 2.19. The lowest BCUT2D eigenvalue weighted by atomic mass is 10.5. The molecule has 0 aliphatic rings. The maximum absolute atomic E-state index is 10.5. The van der Waals surface area contributed by atoms with Crippen LogP contribution >= 0.6 is 11.8 Å². The Hall–Kier alpha value is -1.24. The molecule has 0 saturated heterocycles. The van der Waals surface area contributed by atoms with Crippen LogP contribution in [0.5, 0.6) is 0 Å². The zero-order valence-electron chi connectivity index (χ0n) is 7.26. The largest absolute Gasteiger partial charge is 0.480 e. The van der Waals surface area contributed by atoms with E-state index in [9.17, 15) is 4.79 Å². The predicted octanol–water partition coefficient (Wildman–Crippen LogP) is -0.134. The number of aromatic nitrogens is 3. The second-order valence-electron chi connectivity index (χ2n) is 2.50. The van der Waals surface area contributed by atoms with Crippen LogP contribution in [0.3, 0.4) is 0 Å². The van der Waals surface area contributed by atoms with Gasteiger partial charge in [0.25, 0.3) is 0 Å². The summed E-state index contributed by atoms with van der Waals surface area (Å²) < 4.78 is 1.27. The first kappa shape index (κ1) is 9.85. The number of carbonyl (C=O) groups is 1. The van der Waals surface area contributed by atoms with E-state index < -0.39 is 11.2 Å². The summed E-state index contributed by atoms with van der Waals surface area (Å²) in [6.45, 7) is 3.26. The van der Waals surface area contributed by atoms with Crippen LogP contribution in [0.25, 0.3) is 0 Å². The van der Waals surface area contributed by atoms with Gasteiger partial charge in [-0.25, -0.2) is 4.68 Å².